The van der Waals surface area contributed by atoms with Gasteiger partial charge in [0, 0.05) is 23.9 Å². The van der Waals surface area contributed by atoms with Crippen molar-refractivity contribution in [1.82, 2.24) is 10.6 Å². The molecule has 0 aromatic carbocycles. The molecule has 3 aliphatic carbocycles. The topological polar surface area (TPSA) is 99.1 Å². The van der Waals surface area contributed by atoms with Crippen LogP contribution in [-0.4, -0.2) is 30.2 Å². The first kappa shape index (κ1) is 31.1. The highest BCUT2D eigenvalue weighted by Gasteiger charge is 2.58. The number of carbonyl (C=O) groups excluding carboxylic acids is 3. The van der Waals surface area contributed by atoms with E-state index >= 15 is 0 Å². The van der Waals surface area contributed by atoms with Gasteiger partial charge < -0.3 is 10.6 Å². The lowest BCUT2D eigenvalue weighted by atomic mass is 9.44. The van der Waals surface area contributed by atoms with Gasteiger partial charge in [-0.2, -0.15) is 5.26 Å². The summed E-state index contributed by atoms with van der Waals surface area (Å²) in [5, 5.41) is 15.9. The molecule has 1 unspecified atom stereocenters. The number of Topliss-reactive ketones (excluding diaryl/α,β-unsaturated/α-hetero) is 1. The molecule has 2 fully saturated rings. The van der Waals surface area contributed by atoms with Crippen molar-refractivity contribution >= 4 is 17.6 Å². The lowest BCUT2D eigenvalue weighted by Gasteiger charge is -2.60. The lowest BCUT2D eigenvalue weighted by molar-refractivity contribution is -0.123. The SMILES string of the molecule is CNC(=O)N[C@]1(CCC(C)(C)[C@]2(C)CC[C@H]3[C@H](C)C(=O)C(C#N)=C[C@]3(C)/C2=C/C(C)=O)CCC(C)(C)CC1C. The molecule has 6 atom stereocenters. The third-order valence-electron chi connectivity index (χ3n) is 11.4. The van der Waals surface area contributed by atoms with Gasteiger partial charge >= 0.3 is 6.03 Å². The van der Waals surface area contributed by atoms with E-state index in [1.807, 2.05) is 13.0 Å². The standard InChI is InChI=1S/C33H51N3O3/c1-21-18-29(4,5)13-15-33(21,36-28(39)35-10)16-14-30(6,7)32(9)12-11-25-23(3)27(38)24(20-34)19-31(25,8)26(32)17-22(2)37/h17,19,21,23,25H,11-16,18H2,1-10H3,(H2,35,36,39)/b26-17-/t21?,23-,25-,31-,32+,33-/m0/s1. The van der Waals surface area contributed by atoms with Crippen molar-refractivity contribution in [2.75, 3.05) is 7.05 Å². The van der Waals surface area contributed by atoms with Crippen molar-refractivity contribution in [3.63, 3.8) is 0 Å². The Morgan fingerprint density at radius 2 is 1.79 bits per heavy atom. The average Bonchev–Trinajstić information content (AvgIpc) is 2.84. The molecule has 6 nitrogen and oxygen atoms in total. The number of nitriles is 1. The Morgan fingerprint density at radius 1 is 1.15 bits per heavy atom. The summed E-state index contributed by atoms with van der Waals surface area (Å²) in [5.41, 5.74) is 0.124. The quantitative estimate of drug-likeness (QED) is 0.359. The summed E-state index contributed by atoms with van der Waals surface area (Å²) in [6.07, 6.45) is 10.2. The summed E-state index contributed by atoms with van der Waals surface area (Å²) in [4.78, 5) is 38.2. The molecule has 0 radical (unpaired) electrons. The summed E-state index contributed by atoms with van der Waals surface area (Å²) < 4.78 is 0. The summed E-state index contributed by atoms with van der Waals surface area (Å²) in [5.74, 6) is 0.0317. The number of nitrogens with zero attached hydrogens (tertiary/aromatic N) is 1. The number of rotatable bonds is 6. The maximum absolute atomic E-state index is 12.9. The van der Waals surface area contributed by atoms with Crippen LogP contribution in [0.25, 0.3) is 0 Å². The van der Waals surface area contributed by atoms with E-state index < -0.39 is 5.41 Å². The van der Waals surface area contributed by atoms with Crippen LogP contribution >= 0.6 is 0 Å². The zero-order valence-electron chi connectivity index (χ0n) is 26.0. The summed E-state index contributed by atoms with van der Waals surface area (Å²) in [7, 11) is 1.67. The normalized spacial score (nSPS) is 37.4. The first-order chi connectivity index (χ1) is 17.9. The van der Waals surface area contributed by atoms with Crippen LogP contribution in [0.4, 0.5) is 4.79 Å². The molecule has 216 valence electrons. The molecule has 2 saturated carbocycles. The molecular weight excluding hydrogens is 486 g/mol. The third kappa shape index (κ3) is 5.48. The van der Waals surface area contributed by atoms with E-state index in [0.717, 1.165) is 50.5 Å². The maximum atomic E-state index is 12.9. The Morgan fingerprint density at radius 3 is 2.33 bits per heavy atom. The van der Waals surface area contributed by atoms with Crippen molar-refractivity contribution in [3.05, 3.63) is 23.3 Å². The van der Waals surface area contributed by atoms with Gasteiger partial charge in [0.2, 0.25) is 0 Å². The van der Waals surface area contributed by atoms with Crippen LogP contribution in [0, 0.1) is 50.7 Å². The molecule has 0 heterocycles. The van der Waals surface area contributed by atoms with Crippen molar-refractivity contribution in [2.24, 2.45) is 39.4 Å². The molecule has 2 amide bonds. The fourth-order valence-electron chi connectivity index (χ4n) is 8.39. The van der Waals surface area contributed by atoms with Crippen LogP contribution in [0.15, 0.2) is 23.3 Å². The van der Waals surface area contributed by atoms with Crippen molar-refractivity contribution in [3.8, 4) is 6.07 Å². The Kier molecular flexibility index (Phi) is 8.40. The number of nitrogens with one attached hydrogen (secondary N) is 2. The number of carbonyl (C=O) groups is 3. The molecule has 6 heteroatoms. The number of allylic oxidation sites excluding steroid dienone is 4. The summed E-state index contributed by atoms with van der Waals surface area (Å²) in [6, 6.07) is 2.01. The first-order valence-corrected chi connectivity index (χ1v) is 14.8. The van der Waals surface area contributed by atoms with Crippen LogP contribution < -0.4 is 10.6 Å². The van der Waals surface area contributed by atoms with Crippen LogP contribution in [0.1, 0.15) is 107 Å². The monoisotopic (exact) mass is 537 g/mol. The minimum Gasteiger partial charge on any atom is -0.341 e. The predicted molar refractivity (Wildman–Crippen MR) is 156 cm³/mol. The van der Waals surface area contributed by atoms with Gasteiger partial charge in [-0.25, -0.2) is 4.79 Å². The van der Waals surface area contributed by atoms with E-state index in [1.165, 1.54) is 0 Å². The third-order valence-corrected chi connectivity index (χ3v) is 11.4. The van der Waals surface area contributed by atoms with Gasteiger partial charge in [0.25, 0.3) is 0 Å². The van der Waals surface area contributed by atoms with Crippen LogP contribution in [0.2, 0.25) is 0 Å². The molecule has 39 heavy (non-hydrogen) atoms. The number of hydrogen-bond acceptors (Lipinski definition) is 4. The molecule has 0 spiro atoms. The van der Waals surface area contributed by atoms with Gasteiger partial charge in [-0.3, -0.25) is 9.59 Å². The second-order valence-corrected chi connectivity index (χ2v) is 14.8. The molecule has 0 saturated heterocycles. The number of fused-ring (bicyclic) bond motifs is 1. The van der Waals surface area contributed by atoms with Crippen LogP contribution in [0.5, 0.6) is 0 Å². The van der Waals surface area contributed by atoms with Gasteiger partial charge in [-0.05, 0) is 86.0 Å². The Hall–Kier alpha value is -2.42. The molecule has 0 aromatic rings. The predicted octanol–water partition coefficient (Wildman–Crippen LogP) is 6.91. The van der Waals surface area contributed by atoms with E-state index in [-0.39, 0.29) is 56.8 Å². The highest BCUT2D eigenvalue weighted by Crippen LogP contribution is 2.65. The zero-order chi connectivity index (χ0) is 29.6. The number of ketones is 2. The van der Waals surface area contributed by atoms with E-state index in [2.05, 4.69) is 65.2 Å². The van der Waals surface area contributed by atoms with Gasteiger partial charge in [0.15, 0.2) is 11.6 Å². The Labute approximate surface area is 236 Å². The van der Waals surface area contributed by atoms with Gasteiger partial charge in [0.1, 0.15) is 6.07 Å². The Bertz CT molecular complexity index is 1130. The molecule has 0 aromatic heterocycles. The second kappa shape index (κ2) is 10.5. The second-order valence-electron chi connectivity index (χ2n) is 14.8. The molecule has 0 bridgehead atoms. The molecular formula is C33H51N3O3. The van der Waals surface area contributed by atoms with Crippen molar-refractivity contribution < 1.29 is 14.4 Å². The first-order valence-electron chi connectivity index (χ1n) is 14.8. The molecule has 2 N–H and O–H groups in total. The number of hydrogen-bond donors (Lipinski definition) is 2. The van der Waals surface area contributed by atoms with Crippen molar-refractivity contribution in [1.29, 1.82) is 5.26 Å². The van der Waals surface area contributed by atoms with E-state index in [9.17, 15) is 19.6 Å². The minimum atomic E-state index is -0.547. The fourth-order valence-corrected chi connectivity index (χ4v) is 8.39. The highest BCUT2D eigenvalue weighted by atomic mass is 16.2. The summed E-state index contributed by atoms with van der Waals surface area (Å²) in [6.45, 7) is 19.4. The average molecular weight is 538 g/mol. The maximum Gasteiger partial charge on any atom is 0.314 e. The van der Waals surface area contributed by atoms with Gasteiger partial charge in [0.05, 0.1) is 5.57 Å². The zero-order valence-corrected chi connectivity index (χ0v) is 26.0. The van der Waals surface area contributed by atoms with E-state index in [0.29, 0.717) is 5.92 Å². The van der Waals surface area contributed by atoms with E-state index in [1.54, 1.807) is 20.0 Å². The largest absolute Gasteiger partial charge is 0.341 e. The van der Waals surface area contributed by atoms with Crippen LogP contribution in [0.3, 0.4) is 0 Å². The minimum absolute atomic E-state index is 0.00810. The van der Waals surface area contributed by atoms with Crippen LogP contribution in [-0.2, 0) is 9.59 Å². The molecule has 0 aliphatic heterocycles. The number of urea groups is 1. The smallest absolute Gasteiger partial charge is 0.314 e. The van der Waals surface area contributed by atoms with Gasteiger partial charge in [-0.1, -0.05) is 67.0 Å². The summed E-state index contributed by atoms with van der Waals surface area (Å²) >= 11 is 0. The van der Waals surface area contributed by atoms with Gasteiger partial charge in [-0.15, -0.1) is 0 Å². The molecule has 3 aliphatic rings. The lowest BCUT2D eigenvalue weighted by Crippen LogP contribution is -2.59. The van der Waals surface area contributed by atoms with E-state index in [4.69, 9.17) is 0 Å². The Balaban J connectivity index is 2.04. The highest BCUT2D eigenvalue weighted by molar-refractivity contribution is 6.02. The fraction of sp³-hybridized carbons (Fsp3) is 0.758. The van der Waals surface area contributed by atoms with Crippen molar-refractivity contribution in [2.45, 2.75) is 113 Å². The number of amides is 2. The molecule has 3 rings (SSSR count).